The zero-order valence-electron chi connectivity index (χ0n) is 13.1. The van der Waals surface area contributed by atoms with E-state index in [1.54, 1.807) is 6.08 Å². The van der Waals surface area contributed by atoms with Crippen molar-refractivity contribution in [3.63, 3.8) is 0 Å². The van der Waals surface area contributed by atoms with Gasteiger partial charge in [0, 0.05) is 41.3 Å². The van der Waals surface area contributed by atoms with Crippen LogP contribution >= 0.6 is 0 Å². The van der Waals surface area contributed by atoms with Gasteiger partial charge in [-0.3, -0.25) is 4.98 Å². The van der Waals surface area contributed by atoms with Crippen molar-refractivity contribution in [1.29, 1.82) is 5.26 Å². The van der Waals surface area contributed by atoms with Gasteiger partial charge in [-0.15, -0.1) is 0 Å². The number of nitrogens with one attached hydrogen (secondary N) is 1. The van der Waals surface area contributed by atoms with Gasteiger partial charge in [0.25, 0.3) is 0 Å². The van der Waals surface area contributed by atoms with Gasteiger partial charge in [0.15, 0.2) is 0 Å². The Kier molecular flexibility index (Phi) is 6.16. The predicted octanol–water partition coefficient (Wildman–Crippen LogP) is 3.92. The molecule has 3 heteroatoms. The molecule has 0 unspecified atom stereocenters. The number of pyridine rings is 1. The summed E-state index contributed by atoms with van der Waals surface area (Å²) in [7, 11) is 1.83. The first-order chi connectivity index (χ1) is 9.97. The fourth-order valence-corrected chi connectivity index (χ4v) is 1.71. The summed E-state index contributed by atoms with van der Waals surface area (Å²) >= 11 is 0. The molecule has 0 radical (unpaired) electrons. The molecule has 1 rings (SSSR count). The van der Waals surface area contributed by atoms with Gasteiger partial charge < -0.3 is 5.32 Å². The van der Waals surface area contributed by atoms with Gasteiger partial charge in [-0.1, -0.05) is 30.4 Å². The smallest absolute Gasteiger partial charge is 0.0986 e. The van der Waals surface area contributed by atoms with Crippen LogP contribution in [0.2, 0.25) is 0 Å². The van der Waals surface area contributed by atoms with Crippen LogP contribution in [0.25, 0.3) is 5.57 Å². The number of allylic oxidation sites excluding steroid dienone is 6. The van der Waals surface area contributed by atoms with Crippen LogP contribution in [0.3, 0.4) is 0 Å². The molecule has 3 nitrogen and oxygen atoms in total. The zero-order valence-corrected chi connectivity index (χ0v) is 13.1. The lowest BCUT2D eigenvalue weighted by molar-refractivity contribution is 1.04. The highest BCUT2D eigenvalue weighted by atomic mass is 14.8. The predicted molar refractivity (Wildman–Crippen MR) is 88.3 cm³/mol. The molecular formula is C18H21N3. The minimum Gasteiger partial charge on any atom is -0.388 e. The normalized spacial score (nSPS) is 11.6. The molecule has 0 amide bonds. The summed E-state index contributed by atoms with van der Waals surface area (Å²) in [6.07, 6.45) is 7.63. The molecule has 1 heterocycles. The molecule has 0 bridgehead atoms. The largest absolute Gasteiger partial charge is 0.388 e. The average molecular weight is 279 g/mol. The molecule has 0 aliphatic rings. The van der Waals surface area contributed by atoms with Crippen LogP contribution in [-0.4, -0.2) is 12.0 Å². The molecule has 1 N–H and O–H groups in total. The third-order valence-corrected chi connectivity index (χ3v) is 2.83. The quantitative estimate of drug-likeness (QED) is 0.656. The summed E-state index contributed by atoms with van der Waals surface area (Å²) < 4.78 is 0. The second kappa shape index (κ2) is 7.86. The van der Waals surface area contributed by atoms with Gasteiger partial charge in [0.05, 0.1) is 6.07 Å². The van der Waals surface area contributed by atoms with Crippen molar-refractivity contribution < 1.29 is 0 Å². The maximum Gasteiger partial charge on any atom is 0.0986 e. The van der Waals surface area contributed by atoms with Crippen molar-refractivity contribution in [3.05, 3.63) is 71.2 Å². The highest BCUT2D eigenvalue weighted by molar-refractivity contribution is 5.80. The first-order valence-corrected chi connectivity index (χ1v) is 6.75. The highest BCUT2D eigenvalue weighted by Gasteiger charge is 2.07. The molecule has 1 aromatic heterocycles. The molecule has 0 aliphatic carbocycles. The third kappa shape index (κ3) is 5.12. The Morgan fingerprint density at radius 1 is 1.33 bits per heavy atom. The van der Waals surface area contributed by atoms with Gasteiger partial charge in [-0.05, 0) is 32.9 Å². The number of aromatic nitrogens is 1. The summed E-state index contributed by atoms with van der Waals surface area (Å²) in [5, 5.41) is 12.0. The van der Waals surface area contributed by atoms with Crippen molar-refractivity contribution in [2.45, 2.75) is 20.8 Å². The molecule has 0 atom stereocenters. The Morgan fingerprint density at radius 3 is 2.52 bits per heavy atom. The van der Waals surface area contributed by atoms with Crippen LogP contribution in [0, 0.1) is 18.3 Å². The van der Waals surface area contributed by atoms with Crippen molar-refractivity contribution in [1.82, 2.24) is 10.3 Å². The van der Waals surface area contributed by atoms with Crippen LogP contribution in [0.15, 0.2) is 60.0 Å². The lowest BCUT2D eigenvalue weighted by Gasteiger charge is -2.12. The van der Waals surface area contributed by atoms with E-state index >= 15 is 0 Å². The van der Waals surface area contributed by atoms with E-state index in [0.29, 0.717) is 5.57 Å². The molecule has 0 aromatic carbocycles. The summed E-state index contributed by atoms with van der Waals surface area (Å²) in [5.41, 5.74) is 5.37. The van der Waals surface area contributed by atoms with E-state index in [1.807, 2.05) is 64.4 Å². The lowest BCUT2D eigenvalue weighted by Crippen LogP contribution is -2.08. The molecule has 1 aromatic rings. The minimum absolute atomic E-state index is 0.405. The van der Waals surface area contributed by atoms with Crippen molar-refractivity contribution in [2.24, 2.45) is 0 Å². The van der Waals surface area contributed by atoms with E-state index in [2.05, 4.69) is 16.9 Å². The number of rotatable bonds is 5. The Balaban J connectivity index is 3.38. The van der Waals surface area contributed by atoms with E-state index in [1.165, 1.54) is 5.57 Å². The van der Waals surface area contributed by atoms with Crippen molar-refractivity contribution >= 4 is 5.57 Å². The Hall–Kier alpha value is -2.60. The second-order valence-electron chi connectivity index (χ2n) is 4.96. The summed E-state index contributed by atoms with van der Waals surface area (Å²) in [5.74, 6) is 0. The number of aryl methyl sites for hydroxylation is 1. The molecule has 0 fully saturated rings. The first-order valence-electron chi connectivity index (χ1n) is 6.75. The third-order valence-electron chi connectivity index (χ3n) is 2.83. The van der Waals surface area contributed by atoms with Crippen LogP contribution < -0.4 is 5.32 Å². The van der Waals surface area contributed by atoms with Gasteiger partial charge in [-0.25, -0.2) is 0 Å². The average Bonchev–Trinajstić information content (AvgIpc) is 2.47. The second-order valence-corrected chi connectivity index (χ2v) is 4.96. The van der Waals surface area contributed by atoms with Crippen LogP contribution in [0.5, 0.6) is 0 Å². The highest BCUT2D eigenvalue weighted by Crippen LogP contribution is 2.22. The number of nitrogens with zero attached hydrogens (tertiary/aromatic N) is 2. The number of nitriles is 1. The first kappa shape index (κ1) is 16.5. The Labute approximate surface area is 127 Å². The summed E-state index contributed by atoms with van der Waals surface area (Å²) in [6.45, 7) is 9.74. The van der Waals surface area contributed by atoms with Crippen molar-refractivity contribution in [3.8, 4) is 6.07 Å². The van der Waals surface area contributed by atoms with Crippen LogP contribution in [-0.2, 0) is 0 Å². The number of hydrogen-bond donors (Lipinski definition) is 1. The topological polar surface area (TPSA) is 48.7 Å². The minimum atomic E-state index is 0.405. The maximum atomic E-state index is 8.92. The molecule has 108 valence electrons. The number of likely N-dealkylation sites (N-methyl/N-ethyl adjacent to an activating group) is 1. The van der Waals surface area contributed by atoms with E-state index < -0.39 is 0 Å². The van der Waals surface area contributed by atoms with E-state index in [9.17, 15) is 0 Å². The van der Waals surface area contributed by atoms with Gasteiger partial charge >= 0.3 is 0 Å². The summed E-state index contributed by atoms with van der Waals surface area (Å²) in [4.78, 5) is 4.34. The SMILES string of the molecule is C=C(C#N)/C=C(NC)/C(=C\C=C(C)C)c1ccc(C)nc1. The van der Waals surface area contributed by atoms with Gasteiger partial charge in [-0.2, -0.15) is 5.26 Å². The molecule has 0 aliphatic heterocycles. The standard InChI is InChI=1S/C18H21N3/c1-13(2)6-9-17(16-8-7-15(4)21-12-16)18(20-5)10-14(3)11-19/h6-10,12,20H,3H2,1-2,4-5H3/b17-9-,18-10-. The van der Waals surface area contributed by atoms with Crippen molar-refractivity contribution in [2.75, 3.05) is 7.05 Å². The fourth-order valence-electron chi connectivity index (χ4n) is 1.71. The monoisotopic (exact) mass is 279 g/mol. The fraction of sp³-hybridized carbons (Fsp3) is 0.222. The molecule has 0 saturated heterocycles. The van der Waals surface area contributed by atoms with E-state index in [4.69, 9.17) is 5.26 Å². The Morgan fingerprint density at radius 2 is 2.05 bits per heavy atom. The maximum absolute atomic E-state index is 8.92. The lowest BCUT2D eigenvalue weighted by atomic mass is 10.0. The number of hydrogen-bond acceptors (Lipinski definition) is 3. The van der Waals surface area contributed by atoms with Gasteiger partial charge in [0.1, 0.15) is 0 Å². The van der Waals surface area contributed by atoms with E-state index in [0.717, 1.165) is 22.5 Å². The Bertz CT molecular complexity index is 634. The molecular weight excluding hydrogens is 258 g/mol. The van der Waals surface area contributed by atoms with Gasteiger partial charge in [0.2, 0.25) is 0 Å². The molecule has 0 spiro atoms. The van der Waals surface area contributed by atoms with Crippen LogP contribution in [0.4, 0.5) is 0 Å². The molecule has 21 heavy (non-hydrogen) atoms. The zero-order chi connectivity index (χ0) is 15.8. The van der Waals surface area contributed by atoms with Crippen LogP contribution in [0.1, 0.15) is 25.1 Å². The molecule has 0 saturated carbocycles. The summed E-state index contributed by atoms with van der Waals surface area (Å²) in [6, 6.07) is 6.03. The van der Waals surface area contributed by atoms with E-state index in [-0.39, 0.29) is 0 Å².